The number of aryl methyl sites for hydroxylation is 1. The molecule has 0 atom stereocenters. The van der Waals surface area contributed by atoms with E-state index in [9.17, 15) is 18.0 Å². The number of ether oxygens (including phenoxy) is 1. The number of hydrogen-bond donors (Lipinski definition) is 3. The minimum Gasteiger partial charge on any atom is -0.495 e. The molecule has 0 heterocycles. The van der Waals surface area contributed by atoms with Crippen LogP contribution in [-0.2, 0) is 14.8 Å². The average molecular weight is 420 g/mol. The molecule has 0 aromatic heterocycles. The van der Waals surface area contributed by atoms with Crippen LogP contribution in [0.25, 0.3) is 0 Å². The highest BCUT2D eigenvalue weighted by Gasteiger charge is 2.22. The molecule has 8 nitrogen and oxygen atoms in total. The van der Waals surface area contributed by atoms with E-state index in [-0.39, 0.29) is 28.7 Å². The maximum Gasteiger partial charge on any atom is 0.265 e. The van der Waals surface area contributed by atoms with Crippen molar-refractivity contribution >= 4 is 27.5 Å². The summed E-state index contributed by atoms with van der Waals surface area (Å²) >= 11 is 0. The van der Waals surface area contributed by atoms with Crippen molar-refractivity contribution in [3.63, 3.8) is 0 Å². The average Bonchev–Trinajstić information content (AvgIpc) is 2.71. The van der Waals surface area contributed by atoms with E-state index in [0.717, 1.165) is 12.0 Å². The van der Waals surface area contributed by atoms with Crippen LogP contribution in [0, 0.1) is 6.92 Å². The van der Waals surface area contributed by atoms with Gasteiger partial charge in [-0.3, -0.25) is 14.3 Å². The number of hydrogen-bond acceptors (Lipinski definition) is 5. The van der Waals surface area contributed by atoms with E-state index < -0.39 is 15.9 Å². The second-order valence-electron chi connectivity index (χ2n) is 6.37. The SMILES string of the molecule is CCCNC(=O)CNC(=O)c1ccc(OC)c(S(=O)(=O)Nc2ccc(C)cc2)c1. The lowest BCUT2D eigenvalue weighted by Gasteiger charge is -2.13. The highest BCUT2D eigenvalue weighted by Crippen LogP contribution is 2.27. The van der Waals surface area contributed by atoms with E-state index in [4.69, 9.17) is 4.74 Å². The molecule has 0 aliphatic rings. The molecular weight excluding hydrogens is 394 g/mol. The van der Waals surface area contributed by atoms with Crippen LogP contribution in [0.3, 0.4) is 0 Å². The number of rotatable bonds is 9. The number of amides is 2. The number of benzene rings is 2. The lowest BCUT2D eigenvalue weighted by molar-refractivity contribution is -0.120. The van der Waals surface area contributed by atoms with E-state index in [1.165, 1.54) is 25.3 Å². The van der Waals surface area contributed by atoms with Gasteiger partial charge < -0.3 is 15.4 Å². The van der Waals surface area contributed by atoms with Gasteiger partial charge in [0.25, 0.3) is 15.9 Å². The Morgan fingerprint density at radius 3 is 2.34 bits per heavy atom. The lowest BCUT2D eigenvalue weighted by Crippen LogP contribution is -2.37. The molecule has 0 saturated heterocycles. The van der Waals surface area contributed by atoms with Crippen LogP contribution in [0.2, 0.25) is 0 Å². The number of nitrogens with one attached hydrogen (secondary N) is 3. The summed E-state index contributed by atoms with van der Waals surface area (Å²) < 4.78 is 33.3. The summed E-state index contributed by atoms with van der Waals surface area (Å²) in [4.78, 5) is 23.8. The van der Waals surface area contributed by atoms with Crippen LogP contribution < -0.4 is 20.1 Å². The fraction of sp³-hybridized carbons (Fsp3) is 0.300. The summed E-state index contributed by atoms with van der Waals surface area (Å²) in [6.07, 6.45) is 0.785. The predicted octanol–water partition coefficient (Wildman–Crippen LogP) is 2.06. The Kier molecular flexibility index (Phi) is 7.60. The molecule has 0 radical (unpaired) electrons. The maximum absolute atomic E-state index is 12.8. The van der Waals surface area contributed by atoms with Crippen LogP contribution in [-0.4, -0.2) is 40.4 Å². The van der Waals surface area contributed by atoms with E-state index in [1.807, 2.05) is 13.8 Å². The molecule has 0 fully saturated rings. The summed E-state index contributed by atoms with van der Waals surface area (Å²) in [6, 6.07) is 10.9. The molecule has 29 heavy (non-hydrogen) atoms. The predicted molar refractivity (Wildman–Crippen MR) is 111 cm³/mol. The minimum atomic E-state index is -4.00. The molecule has 0 spiro atoms. The number of sulfonamides is 1. The van der Waals surface area contributed by atoms with Crippen LogP contribution in [0.15, 0.2) is 47.4 Å². The number of anilines is 1. The molecule has 2 rings (SSSR count). The number of methoxy groups -OCH3 is 1. The first-order valence-corrected chi connectivity index (χ1v) is 10.6. The highest BCUT2D eigenvalue weighted by atomic mass is 32.2. The third-order valence-corrected chi connectivity index (χ3v) is 5.40. The summed E-state index contributed by atoms with van der Waals surface area (Å²) in [5.41, 5.74) is 1.48. The fourth-order valence-corrected chi connectivity index (χ4v) is 3.70. The Hall–Kier alpha value is -3.07. The minimum absolute atomic E-state index is 0.0957. The van der Waals surface area contributed by atoms with Crippen molar-refractivity contribution in [3.05, 3.63) is 53.6 Å². The summed E-state index contributed by atoms with van der Waals surface area (Å²) in [5, 5.41) is 5.12. The van der Waals surface area contributed by atoms with E-state index in [0.29, 0.717) is 12.2 Å². The van der Waals surface area contributed by atoms with Gasteiger partial charge in [-0.15, -0.1) is 0 Å². The van der Waals surface area contributed by atoms with Crippen molar-refractivity contribution in [3.8, 4) is 5.75 Å². The quantitative estimate of drug-likeness (QED) is 0.576. The van der Waals surface area contributed by atoms with Gasteiger partial charge in [0.2, 0.25) is 5.91 Å². The van der Waals surface area contributed by atoms with Gasteiger partial charge >= 0.3 is 0 Å². The largest absolute Gasteiger partial charge is 0.495 e. The van der Waals surface area contributed by atoms with E-state index in [2.05, 4.69) is 15.4 Å². The molecule has 2 aromatic carbocycles. The van der Waals surface area contributed by atoms with Gasteiger partial charge in [0.15, 0.2) is 0 Å². The van der Waals surface area contributed by atoms with Crippen molar-refractivity contribution in [1.29, 1.82) is 0 Å². The van der Waals surface area contributed by atoms with Gasteiger partial charge in [-0.05, 0) is 43.7 Å². The van der Waals surface area contributed by atoms with Crippen molar-refractivity contribution in [2.45, 2.75) is 25.2 Å². The lowest BCUT2D eigenvalue weighted by atomic mass is 10.2. The molecule has 3 N–H and O–H groups in total. The third kappa shape index (κ3) is 6.21. The smallest absolute Gasteiger partial charge is 0.265 e. The normalized spacial score (nSPS) is 10.9. The van der Waals surface area contributed by atoms with Crippen LogP contribution in [0.4, 0.5) is 5.69 Å². The molecule has 9 heteroatoms. The molecular formula is C20H25N3O5S. The monoisotopic (exact) mass is 419 g/mol. The maximum atomic E-state index is 12.8. The Bertz CT molecular complexity index is 972. The van der Waals surface area contributed by atoms with Crippen LogP contribution in [0.5, 0.6) is 5.75 Å². The van der Waals surface area contributed by atoms with E-state index >= 15 is 0 Å². The molecule has 0 aliphatic heterocycles. The topological polar surface area (TPSA) is 114 Å². The number of carbonyl (C=O) groups is 2. The summed E-state index contributed by atoms with van der Waals surface area (Å²) in [5.74, 6) is -0.782. The van der Waals surface area contributed by atoms with Crippen molar-refractivity contribution in [1.82, 2.24) is 10.6 Å². The number of carbonyl (C=O) groups excluding carboxylic acids is 2. The Balaban J connectivity index is 2.22. The Labute approximate surface area is 170 Å². The van der Waals surface area contributed by atoms with Crippen molar-refractivity contribution < 1.29 is 22.7 Å². The summed E-state index contributed by atoms with van der Waals surface area (Å²) in [7, 11) is -2.66. The molecule has 0 saturated carbocycles. The molecule has 0 unspecified atom stereocenters. The van der Waals surface area contributed by atoms with Gasteiger partial charge in [0.05, 0.1) is 13.7 Å². The third-order valence-electron chi connectivity index (χ3n) is 4.00. The van der Waals surface area contributed by atoms with Crippen molar-refractivity contribution in [2.75, 3.05) is 24.9 Å². The zero-order valence-corrected chi connectivity index (χ0v) is 17.4. The highest BCUT2D eigenvalue weighted by molar-refractivity contribution is 7.92. The second-order valence-corrected chi connectivity index (χ2v) is 8.02. The molecule has 0 bridgehead atoms. The zero-order chi connectivity index (χ0) is 21.4. The second kappa shape index (κ2) is 9.92. The van der Waals surface area contributed by atoms with Crippen LogP contribution in [0.1, 0.15) is 29.3 Å². The summed E-state index contributed by atoms with van der Waals surface area (Å²) in [6.45, 7) is 4.13. The Morgan fingerprint density at radius 2 is 1.72 bits per heavy atom. The molecule has 156 valence electrons. The first-order chi connectivity index (χ1) is 13.8. The first-order valence-electron chi connectivity index (χ1n) is 9.09. The van der Waals surface area contributed by atoms with Gasteiger partial charge in [0, 0.05) is 17.8 Å². The molecule has 2 amide bonds. The zero-order valence-electron chi connectivity index (χ0n) is 16.6. The van der Waals surface area contributed by atoms with Gasteiger partial charge in [-0.25, -0.2) is 8.42 Å². The first kappa shape index (κ1) is 22.2. The van der Waals surface area contributed by atoms with Crippen LogP contribution >= 0.6 is 0 Å². The van der Waals surface area contributed by atoms with E-state index in [1.54, 1.807) is 24.3 Å². The molecule has 2 aromatic rings. The van der Waals surface area contributed by atoms with Crippen molar-refractivity contribution in [2.24, 2.45) is 0 Å². The van der Waals surface area contributed by atoms with Gasteiger partial charge in [-0.1, -0.05) is 24.6 Å². The van der Waals surface area contributed by atoms with Gasteiger partial charge in [-0.2, -0.15) is 0 Å². The standard InChI is InChI=1S/C20H25N3O5S/c1-4-11-21-19(24)13-22-20(25)15-7-10-17(28-3)18(12-15)29(26,27)23-16-8-5-14(2)6-9-16/h5-10,12,23H,4,11,13H2,1-3H3,(H,21,24)(H,22,25). The van der Waals surface area contributed by atoms with Gasteiger partial charge in [0.1, 0.15) is 10.6 Å². The molecule has 0 aliphatic carbocycles. The Morgan fingerprint density at radius 1 is 1.03 bits per heavy atom. The fourth-order valence-electron chi connectivity index (χ4n) is 2.45.